The van der Waals surface area contributed by atoms with Gasteiger partial charge in [0, 0.05) is 32.6 Å². The summed E-state index contributed by atoms with van der Waals surface area (Å²) < 4.78 is 11.4. The van der Waals surface area contributed by atoms with E-state index in [0.29, 0.717) is 31.0 Å². The fourth-order valence-corrected chi connectivity index (χ4v) is 4.99. The third kappa shape index (κ3) is 12.4. The van der Waals surface area contributed by atoms with Crippen LogP contribution in [0.5, 0.6) is 5.75 Å². The highest BCUT2D eigenvalue weighted by Crippen LogP contribution is 2.19. The Kier molecular flexibility index (Phi) is 14.7. The van der Waals surface area contributed by atoms with Crippen LogP contribution in [0.4, 0.5) is 0 Å². The number of rotatable bonds is 5. The maximum atomic E-state index is 13.3. The maximum Gasteiger partial charge on any atom is 0.255 e. The molecule has 2 heterocycles. The molecule has 218 valence electrons. The van der Waals surface area contributed by atoms with Crippen LogP contribution in [-0.2, 0) is 14.3 Å². The molecule has 1 aromatic rings. The minimum atomic E-state index is -0.811. The fraction of sp³-hybridized carbons (Fsp3) is 0.700. The summed E-state index contributed by atoms with van der Waals surface area (Å²) in [5, 5.41) is 8.81. The van der Waals surface area contributed by atoms with Gasteiger partial charge in [-0.25, -0.2) is 0 Å². The largest absolute Gasteiger partial charge is 0.493 e. The van der Waals surface area contributed by atoms with Crippen LogP contribution in [0.2, 0.25) is 0 Å². The first-order valence-corrected chi connectivity index (χ1v) is 15.0. The van der Waals surface area contributed by atoms with Crippen LogP contribution >= 0.6 is 0 Å². The monoisotopic (exact) mass is 544 g/mol. The molecule has 2 aliphatic heterocycles. The van der Waals surface area contributed by atoms with Gasteiger partial charge in [0.05, 0.1) is 25.4 Å². The van der Waals surface area contributed by atoms with Gasteiger partial charge < -0.3 is 25.4 Å². The van der Waals surface area contributed by atoms with E-state index in [9.17, 15) is 14.4 Å². The van der Waals surface area contributed by atoms with E-state index in [1.165, 1.54) is 32.1 Å². The Labute approximate surface area is 233 Å². The zero-order valence-corrected chi connectivity index (χ0v) is 23.5. The number of carbonyl (C=O) groups excluding carboxylic acids is 3. The molecule has 1 atom stereocenters. The number of ether oxygens (including phenoxy) is 2. The van der Waals surface area contributed by atoms with Gasteiger partial charge in [-0.3, -0.25) is 19.3 Å². The molecule has 0 saturated carbocycles. The molecule has 39 heavy (non-hydrogen) atoms. The molecule has 0 spiro atoms. The van der Waals surface area contributed by atoms with Crippen LogP contribution in [0.3, 0.4) is 0 Å². The summed E-state index contributed by atoms with van der Waals surface area (Å²) in [7, 11) is 0. The number of nitrogens with zero attached hydrogens (tertiary/aromatic N) is 1. The Morgan fingerprint density at radius 1 is 0.923 bits per heavy atom. The molecule has 3 N–H and O–H groups in total. The molecular weight excluding hydrogens is 496 g/mol. The predicted octanol–water partition coefficient (Wildman–Crippen LogP) is 3.42. The summed E-state index contributed by atoms with van der Waals surface area (Å²) in [6.07, 6.45) is 11.4. The zero-order chi connectivity index (χ0) is 27.5. The highest BCUT2D eigenvalue weighted by atomic mass is 16.5. The average Bonchev–Trinajstić information content (AvgIpc) is 2.96. The van der Waals surface area contributed by atoms with Crippen molar-refractivity contribution in [3.8, 4) is 5.75 Å². The number of hydrogen-bond donors (Lipinski definition) is 3. The van der Waals surface area contributed by atoms with Crippen LogP contribution in [-0.4, -0.2) is 81.2 Å². The van der Waals surface area contributed by atoms with Crippen molar-refractivity contribution in [1.82, 2.24) is 20.9 Å². The number of para-hydroxylation sites is 1. The molecule has 2 aliphatic rings. The number of nitrogens with one attached hydrogen (secondary N) is 3. The molecule has 1 fully saturated rings. The Balaban J connectivity index is 1.59. The quantitative estimate of drug-likeness (QED) is 0.490. The number of carbonyl (C=O) groups is 3. The normalized spacial score (nSPS) is 21.8. The molecule has 1 aromatic carbocycles. The van der Waals surface area contributed by atoms with E-state index in [0.717, 1.165) is 65.0 Å². The topological polar surface area (TPSA) is 109 Å². The summed E-state index contributed by atoms with van der Waals surface area (Å²) in [5.74, 6) is -0.215. The second-order valence-electron chi connectivity index (χ2n) is 10.5. The Morgan fingerprint density at radius 3 is 2.38 bits per heavy atom. The molecule has 3 amide bonds. The summed E-state index contributed by atoms with van der Waals surface area (Å²) >= 11 is 0. The third-order valence-electron chi connectivity index (χ3n) is 7.37. The van der Waals surface area contributed by atoms with E-state index in [1.54, 1.807) is 18.2 Å². The Hall–Kier alpha value is -2.65. The molecular formula is C30H48N4O5. The van der Waals surface area contributed by atoms with E-state index < -0.39 is 6.04 Å². The molecule has 3 rings (SSSR count). The lowest BCUT2D eigenvalue weighted by Gasteiger charge is -2.26. The fourth-order valence-electron chi connectivity index (χ4n) is 4.99. The van der Waals surface area contributed by atoms with Gasteiger partial charge in [-0.15, -0.1) is 0 Å². The highest BCUT2D eigenvalue weighted by Gasteiger charge is 2.24. The smallest absolute Gasteiger partial charge is 0.255 e. The van der Waals surface area contributed by atoms with Gasteiger partial charge in [-0.05, 0) is 44.4 Å². The maximum absolute atomic E-state index is 13.3. The molecule has 0 aliphatic carbocycles. The van der Waals surface area contributed by atoms with Gasteiger partial charge in [0.1, 0.15) is 11.8 Å². The second kappa shape index (κ2) is 18.6. The minimum absolute atomic E-state index is 0.0935. The van der Waals surface area contributed by atoms with Crippen molar-refractivity contribution in [1.29, 1.82) is 0 Å². The minimum Gasteiger partial charge on any atom is -0.493 e. The van der Waals surface area contributed by atoms with Crippen molar-refractivity contribution < 1.29 is 23.9 Å². The number of amides is 3. The predicted molar refractivity (Wildman–Crippen MR) is 152 cm³/mol. The van der Waals surface area contributed by atoms with E-state index in [2.05, 4.69) is 20.9 Å². The van der Waals surface area contributed by atoms with Crippen LogP contribution in [0, 0.1) is 0 Å². The lowest BCUT2D eigenvalue weighted by Crippen LogP contribution is -2.48. The first-order chi connectivity index (χ1) is 19.1. The van der Waals surface area contributed by atoms with Gasteiger partial charge in [0.15, 0.2) is 0 Å². The van der Waals surface area contributed by atoms with Crippen molar-refractivity contribution in [2.24, 2.45) is 0 Å². The SMILES string of the molecule is O=C1CC[C@@H](C(=O)NCCCN2CCOCC2)NC(=O)c2ccccc2OCCCCCCCCCCCN1. The number of benzene rings is 1. The Bertz CT molecular complexity index is 875. The molecule has 1 saturated heterocycles. The molecule has 9 nitrogen and oxygen atoms in total. The van der Waals surface area contributed by atoms with Crippen molar-refractivity contribution >= 4 is 17.7 Å². The van der Waals surface area contributed by atoms with Crippen molar-refractivity contribution in [2.75, 3.05) is 52.5 Å². The van der Waals surface area contributed by atoms with E-state index in [4.69, 9.17) is 9.47 Å². The van der Waals surface area contributed by atoms with Gasteiger partial charge >= 0.3 is 0 Å². The summed E-state index contributed by atoms with van der Waals surface area (Å²) in [5.41, 5.74) is 0.401. The van der Waals surface area contributed by atoms with Gasteiger partial charge in [0.2, 0.25) is 11.8 Å². The van der Waals surface area contributed by atoms with Gasteiger partial charge in [-0.2, -0.15) is 0 Å². The third-order valence-corrected chi connectivity index (χ3v) is 7.37. The summed E-state index contributed by atoms with van der Waals surface area (Å²) in [6, 6.07) is 6.32. The van der Waals surface area contributed by atoms with Crippen LogP contribution in [0.1, 0.15) is 87.4 Å². The number of morpholine rings is 1. The number of hydrogen-bond acceptors (Lipinski definition) is 6. The van der Waals surface area contributed by atoms with Gasteiger partial charge in [-0.1, -0.05) is 57.1 Å². The van der Waals surface area contributed by atoms with Crippen LogP contribution in [0.15, 0.2) is 24.3 Å². The van der Waals surface area contributed by atoms with E-state index >= 15 is 0 Å². The van der Waals surface area contributed by atoms with E-state index in [-0.39, 0.29) is 30.6 Å². The number of fused-ring (bicyclic) bond motifs is 1. The summed E-state index contributed by atoms with van der Waals surface area (Å²) in [4.78, 5) is 41.2. The molecule has 0 radical (unpaired) electrons. The van der Waals surface area contributed by atoms with Crippen LogP contribution < -0.4 is 20.7 Å². The first kappa shape index (κ1) is 30.9. The van der Waals surface area contributed by atoms with Gasteiger partial charge in [0.25, 0.3) is 5.91 Å². The van der Waals surface area contributed by atoms with Crippen molar-refractivity contribution in [3.63, 3.8) is 0 Å². The molecule has 0 aromatic heterocycles. The first-order valence-electron chi connectivity index (χ1n) is 15.0. The van der Waals surface area contributed by atoms with Crippen LogP contribution in [0.25, 0.3) is 0 Å². The lowest BCUT2D eigenvalue weighted by molar-refractivity contribution is -0.124. The lowest BCUT2D eigenvalue weighted by atomic mass is 10.1. The van der Waals surface area contributed by atoms with E-state index in [1.807, 2.05) is 6.07 Å². The average molecular weight is 545 g/mol. The summed E-state index contributed by atoms with van der Waals surface area (Å²) in [6.45, 7) is 5.89. The highest BCUT2D eigenvalue weighted by molar-refractivity contribution is 5.99. The standard InChI is InChI=1S/C30H48N4O5/c35-28-16-15-26(30(37)32-18-12-19-34-20-23-38-24-21-34)33-29(36)25-13-8-9-14-27(25)39-22-11-7-5-3-1-2-4-6-10-17-31-28/h8-9,13-14,26H,1-7,10-12,15-24H2,(H,31,35)(H,32,37)(H,33,36)/t26-/m0/s1. The Morgan fingerprint density at radius 2 is 1.62 bits per heavy atom. The van der Waals surface area contributed by atoms with Crippen molar-refractivity contribution in [3.05, 3.63) is 29.8 Å². The zero-order valence-electron chi connectivity index (χ0n) is 23.5. The molecule has 0 bridgehead atoms. The van der Waals surface area contributed by atoms with Crippen molar-refractivity contribution in [2.45, 2.75) is 83.1 Å². The second-order valence-corrected chi connectivity index (χ2v) is 10.5. The molecule has 9 heteroatoms. The molecule has 0 unspecified atom stereocenters.